The van der Waals surface area contributed by atoms with Gasteiger partial charge in [-0.05, 0) is 18.9 Å². The van der Waals surface area contributed by atoms with Gasteiger partial charge in [0.1, 0.15) is 5.76 Å². The molecule has 0 amide bonds. The fourth-order valence-electron chi connectivity index (χ4n) is 2.98. The second-order valence-corrected chi connectivity index (χ2v) is 7.83. The Labute approximate surface area is 152 Å². The van der Waals surface area contributed by atoms with Gasteiger partial charge in [0.05, 0.1) is 12.2 Å². The molecule has 146 valence electrons. The van der Waals surface area contributed by atoms with Gasteiger partial charge in [0.2, 0.25) is 0 Å². The van der Waals surface area contributed by atoms with Gasteiger partial charge in [-0.15, -0.1) is 0 Å². The Morgan fingerprint density at radius 1 is 1.23 bits per heavy atom. The summed E-state index contributed by atoms with van der Waals surface area (Å²) >= 11 is 0. The van der Waals surface area contributed by atoms with Gasteiger partial charge in [0, 0.05) is 12.0 Å². The molecule has 2 atom stereocenters. The molecule has 0 aromatic heterocycles. The summed E-state index contributed by atoms with van der Waals surface area (Å²) in [5, 5.41) is 0. The summed E-state index contributed by atoms with van der Waals surface area (Å²) in [5.74, 6) is -0.248. The van der Waals surface area contributed by atoms with Gasteiger partial charge in [-0.25, -0.2) is 0 Å². The Bertz CT molecular complexity index is 727. The van der Waals surface area contributed by atoms with E-state index in [0.717, 1.165) is 24.8 Å². The van der Waals surface area contributed by atoms with E-state index in [9.17, 15) is 21.6 Å². The molecule has 2 rings (SSSR count). The van der Waals surface area contributed by atoms with Crippen LogP contribution in [0.4, 0.5) is 13.2 Å². The van der Waals surface area contributed by atoms with Gasteiger partial charge in [-0.3, -0.25) is 0 Å². The van der Waals surface area contributed by atoms with E-state index in [1.165, 1.54) is 6.92 Å². The van der Waals surface area contributed by atoms with E-state index >= 15 is 0 Å². The highest BCUT2D eigenvalue weighted by molar-refractivity contribution is 7.87. The molecule has 1 aliphatic rings. The molecule has 0 saturated carbocycles. The van der Waals surface area contributed by atoms with Crippen LogP contribution in [0.5, 0.6) is 0 Å². The second kappa shape index (κ2) is 8.43. The molecule has 1 fully saturated rings. The molecular weight excluding hydrogens is 369 g/mol. The number of alkyl halides is 3. The maximum Gasteiger partial charge on any atom is 0.534 e. The lowest BCUT2D eigenvalue weighted by Gasteiger charge is -2.16. The number of benzene rings is 1. The number of unbranched alkanes of at least 4 members (excludes halogenated alkanes) is 2. The van der Waals surface area contributed by atoms with Gasteiger partial charge in [0.25, 0.3) is 0 Å². The molecule has 1 heterocycles. The monoisotopic (exact) mass is 392 g/mol. The van der Waals surface area contributed by atoms with Crippen molar-refractivity contribution >= 4 is 10.1 Å². The number of rotatable bonds is 7. The molecular formula is C18H23F3O4S. The van der Waals surface area contributed by atoms with E-state index < -0.39 is 21.7 Å². The quantitative estimate of drug-likeness (QED) is 0.276. The van der Waals surface area contributed by atoms with Crippen LogP contribution in [0.2, 0.25) is 0 Å². The van der Waals surface area contributed by atoms with Crippen LogP contribution < -0.4 is 0 Å². The van der Waals surface area contributed by atoms with Crippen LogP contribution in [0, 0.1) is 0 Å². The third kappa shape index (κ3) is 5.01. The highest BCUT2D eigenvalue weighted by Crippen LogP contribution is 2.41. The Kier molecular flexibility index (Phi) is 6.74. The number of hydrogen-bond donors (Lipinski definition) is 0. The fourth-order valence-corrected chi connectivity index (χ4v) is 3.51. The number of hydrogen-bond acceptors (Lipinski definition) is 4. The number of allylic oxidation sites excluding steroid dienone is 1. The molecule has 1 aromatic rings. The minimum absolute atomic E-state index is 0.248. The van der Waals surface area contributed by atoms with Crippen molar-refractivity contribution in [3.05, 3.63) is 47.2 Å². The third-order valence-electron chi connectivity index (χ3n) is 4.33. The van der Waals surface area contributed by atoms with Crippen LogP contribution in [-0.4, -0.2) is 20.0 Å². The molecule has 8 heteroatoms. The molecule has 0 spiro atoms. The molecule has 0 N–H and O–H groups in total. The standard InChI is InChI=1S/C18H23F3O4S/c1-3-4-6-11-16-15(13(2)25-26(22,23)18(19,20)21)12-17(24-16)14-9-7-5-8-10-14/h5,7-10,16-17H,3-4,6,11-12H2,1-2H3/b15-13-. The average Bonchev–Trinajstić information content (AvgIpc) is 2.99. The maximum atomic E-state index is 12.6. The lowest BCUT2D eigenvalue weighted by molar-refractivity contribution is -0.0523. The molecule has 2 unspecified atom stereocenters. The molecule has 1 saturated heterocycles. The third-order valence-corrected chi connectivity index (χ3v) is 5.37. The predicted molar refractivity (Wildman–Crippen MR) is 91.6 cm³/mol. The highest BCUT2D eigenvalue weighted by Gasteiger charge is 2.49. The minimum atomic E-state index is -5.68. The zero-order chi connectivity index (χ0) is 19.4. The molecule has 0 aliphatic carbocycles. The molecule has 1 aromatic carbocycles. The van der Waals surface area contributed by atoms with Crippen molar-refractivity contribution in [1.29, 1.82) is 0 Å². The predicted octanol–water partition coefficient (Wildman–Crippen LogP) is 5.24. The second-order valence-electron chi connectivity index (χ2n) is 6.29. The van der Waals surface area contributed by atoms with Crippen molar-refractivity contribution in [2.75, 3.05) is 0 Å². The summed E-state index contributed by atoms with van der Waals surface area (Å²) in [6.07, 6.45) is 2.93. The molecule has 4 nitrogen and oxygen atoms in total. The van der Waals surface area contributed by atoms with Crippen molar-refractivity contribution < 1.29 is 30.5 Å². The number of halogens is 3. The molecule has 0 bridgehead atoms. The van der Waals surface area contributed by atoms with Crippen molar-refractivity contribution in [1.82, 2.24) is 0 Å². The first-order chi connectivity index (χ1) is 12.2. The molecule has 1 aliphatic heterocycles. The molecule has 26 heavy (non-hydrogen) atoms. The van der Waals surface area contributed by atoms with Crippen molar-refractivity contribution in [3.8, 4) is 0 Å². The summed E-state index contributed by atoms with van der Waals surface area (Å²) in [7, 11) is -5.68. The minimum Gasteiger partial charge on any atom is -0.381 e. The number of ether oxygens (including phenoxy) is 1. The van der Waals surface area contributed by atoms with Gasteiger partial charge in [-0.2, -0.15) is 21.6 Å². The Balaban J connectivity index is 2.26. The fraction of sp³-hybridized carbons (Fsp3) is 0.556. The van der Waals surface area contributed by atoms with Crippen LogP contribution >= 0.6 is 0 Å². The SMILES string of the molecule is CCCCCC1OC(c2ccccc2)C/C1=C(\C)OS(=O)(=O)C(F)(F)F. The lowest BCUT2D eigenvalue weighted by atomic mass is 9.98. The van der Waals surface area contributed by atoms with Crippen LogP contribution in [-0.2, 0) is 19.0 Å². The zero-order valence-electron chi connectivity index (χ0n) is 14.8. The Hall–Kier alpha value is -1.54. The topological polar surface area (TPSA) is 52.6 Å². The first kappa shape index (κ1) is 20.8. The Morgan fingerprint density at radius 3 is 2.46 bits per heavy atom. The van der Waals surface area contributed by atoms with E-state index in [-0.39, 0.29) is 11.9 Å². The smallest absolute Gasteiger partial charge is 0.381 e. The largest absolute Gasteiger partial charge is 0.534 e. The molecule has 0 radical (unpaired) electrons. The van der Waals surface area contributed by atoms with Gasteiger partial charge in [-0.1, -0.05) is 56.5 Å². The summed E-state index contributed by atoms with van der Waals surface area (Å²) in [6.45, 7) is 3.30. The van der Waals surface area contributed by atoms with Gasteiger partial charge in [0.15, 0.2) is 0 Å². The van der Waals surface area contributed by atoms with E-state index in [4.69, 9.17) is 4.74 Å². The van der Waals surface area contributed by atoms with Crippen LogP contribution in [0.3, 0.4) is 0 Å². The summed E-state index contributed by atoms with van der Waals surface area (Å²) < 4.78 is 70.8. The van der Waals surface area contributed by atoms with E-state index in [1.807, 2.05) is 37.3 Å². The summed E-state index contributed by atoms with van der Waals surface area (Å²) in [6, 6.07) is 9.31. The van der Waals surface area contributed by atoms with E-state index in [1.54, 1.807) is 0 Å². The van der Waals surface area contributed by atoms with Crippen LogP contribution in [0.15, 0.2) is 41.7 Å². The van der Waals surface area contributed by atoms with Crippen LogP contribution in [0.1, 0.15) is 57.6 Å². The summed E-state index contributed by atoms with van der Waals surface area (Å²) in [4.78, 5) is 0. The summed E-state index contributed by atoms with van der Waals surface area (Å²) in [5.41, 5.74) is -4.08. The van der Waals surface area contributed by atoms with Gasteiger partial charge >= 0.3 is 15.6 Å². The van der Waals surface area contributed by atoms with E-state index in [0.29, 0.717) is 18.4 Å². The first-order valence-electron chi connectivity index (χ1n) is 8.56. The van der Waals surface area contributed by atoms with Gasteiger partial charge < -0.3 is 8.92 Å². The van der Waals surface area contributed by atoms with Crippen molar-refractivity contribution in [2.45, 2.75) is 63.7 Å². The average molecular weight is 392 g/mol. The zero-order valence-corrected chi connectivity index (χ0v) is 15.6. The van der Waals surface area contributed by atoms with Crippen molar-refractivity contribution in [3.63, 3.8) is 0 Å². The first-order valence-corrected chi connectivity index (χ1v) is 9.97. The maximum absolute atomic E-state index is 12.6. The lowest BCUT2D eigenvalue weighted by Crippen LogP contribution is -2.25. The normalized spacial score (nSPS) is 23.1. The Morgan fingerprint density at radius 2 is 1.88 bits per heavy atom. The van der Waals surface area contributed by atoms with Crippen molar-refractivity contribution in [2.24, 2.45) is 0 Å². The van der Waals surface area contributed by atoms with Crippen LogP contribution in [0.25, 0.3) is 0 Å². The highest BCUT2D eigenvalue weighted by atomic mass is 32.2. The van der Waals surface area contributed by atoms with E-state index in [2.05, 4.69) is 4.18 Å².